The summed E-state index contributed by atoms with van der Waals surface area (Å²) in [6, 6.07) is 27.5. The summed E-state index contributed by atoms with van der Waals surface area (Å²) in [5.41, 5.74) is 5.94. The Morgan fingerprint density at radius 2 is 1.61 bits per heavy atom. The van der Waals surface area contributed by atoms with Crippen molar-refractivity contribution in [3.05, 3.63) is 101 Å². The third-order valence-corrected chi connectivity index (χ3v) is 6.98. The quantitative estimate of drug-likeness (QED) is 0.350. The zero-order valence-corrected chi connectivity index (χ0v) is 19.4. The zero-order chi connectivity index (χ0) is 22.8. The molecule has 0 N–H and O–H groups in total. The number of hydrogen-bond donors (Lipinski definition) is 0. The van der Waals surface area contributed by atoms with Gasteiger partial charge in [0, 0.05) is 32.0 Å². The highest BCUT2D eigenvalue weighted by Crippen LogP contribution is 2.32. The first kappa shape index (κ1) is 21.4. The fraction of sp³-hybridized carbons (Fsp3) is 0.310. The molecule has 4 nitrogen and oxygen atoms in total. The lowest BCUT2D eigenvalue weighted by Crippen LogP contribution is -2.24. The van der Waals surface area contributed by atoms with Gasteiger partial charge in [0.05, 0.1) is 11.0 Å². The number of hydrogen-bond acceptors (Lipinski definition) is 2. The minimum Gasteiger partial charge on any atom is -0.338 e. The highest BCUT2D eigenvalue weighted by Gasteiger charge is 2.34. The predicted molar refractivity (Wildman–Crippen MR) is 133 cm³/mol. The fourth-order valence-corrected chi connectivity index (χ4v) is 4.84. The summed E-state index contributed by atoms with van der Waals surface area (Å²) in [7, 11) is 0. The zero-order valence-electron chi connectivity index (χ0n) is 19.4. The van der Waals surface area contributed by atoms with Crippen molar-refractivity contribution >= 4 is 16.9 Å². The van der Waals surface area contributed by atoms with Crippen LogP contribution in [0.25, 0.3) is 11.0 Å². The minimum atomic E-state index is 0.105. The summed E-state index contributed by atoms with van der Waals surface area (Å²) < 4.78 is 2.32. The number of para-hydroxylation sites is 2. The molecule has 1 aromatic heterocycles. The van der Waals surface area contributed by atoms with Crippen molar-refractivity contribution in [2.24, 2.45) is 0 Å². The number of likely N-dealkylation sites (tertiary alicyclic amines) is 1. The number of imidazole rings is 1. The van der Waals surface area contributed by atoms with Crippen LogP contribution >= 0.6 is 0 Å². The van der Waals surface area contributed by atoms with Gasteiger partial charge < -0.3 is 9.47 Å². The van der Waals surface area contributed by atoms with E-state index in [9.17, 15) is 4.79 Å². The van der Waals surface area contributed by atoms with Gasteiger partial charge in [0.1, 0.15) is 5.82 Å². The molecule has 0 radical (unpaired) electrons. The van der Waals surface area contributed by atoms with Gasteiger partial charge in [-0.15, -0.1) is 0 Å². The number of aromatic nitrogens is 2. The van der Waals surface area contributed by atoms with Crippen molar-refractivity contribution in [2.45, 2.75) is 51.6 Å². The predicted octanol–water partition coefficient (Wildman–Crippen LogP) is 6.11. The molecule has 5 rings (SSSR count). The van der Waals surface area contributed by atoms with E-state index in [1.165, 1.54) is 16.7 Å². The smallest absolute Gasteiger partial charge is 0.223 e. The topological polar surface area (TPSA) is 38.1 Å². The molecular weight excluding hydrogens is 406 g/mol. The van der Waals surface area contributed by atoms with Gasteiger partial charge in [-0.1, -0.05) is 80.6 Å². The average Bonchev–Trinajstić information content (AvgIpc) is 3.40. The maximum absolute atomic E-state index is 12.9. The lowest BCUT2D eigenvalue weighted by molar-refractivity contribution is -0.128. The van der Waals surface area contributed by atoms with Crippen LogP contribution in [0.2, 0.25) is 0 Å². The number of rotatable bonds is 7. The van der Waals surface area contributed by atoms with Crippen LogP contribution in [0, 0.1) is 0 Å². The molecule has 0 spiro atoms. The Bertz CT molecular complexity index is 1240. The minimum absolute atomic E-state index is 0.105. The van der Waals surface area contributed by atoms with Gasteiger partial charge in [-0.25, -0.2) is 4.98 Å². The number of nitrogens with zero attached hydrogens (tertiary/aromatic N) is 3. The molecule has 33 heavy (non-hydrogen) atoms. The molecule has 1 saturated heterocycles. The SMILES string of the molecule is CCC(C)c1ccc(Cn2c(C3CC(=O)N(Cc4ccccc4)C3)nc3ccccc32)cc1. The first-order valence-corrected chi connectivity index (χ1v) is 12.0. The van der Waals surface area contributed by atoms with Gasteiger partial charge in [-0.3, -0.25) is 4.79 Å². The molecule has 2 atom stereocenters. The molecule has 2 unspecified atom stereocenters. The van der Waals surface area contributed by atoms with Gasteiger partial charge in [-0.05, 0) is 41.2 Å². The van der Waals surface area contributed by atoms with E-state index in [4.69, 9.17) is 4.98 Å². The van der Waals surface area contributed by atoms with Gasteiger partial charge in [0.2, 0.25) is 5.91 Å². The van der Waals surface area contributed by atoms with Crippen LogP contribution in [-0.2, 0) is 17.9 Å². The highest BCUT2D eigenvalue weighted by molar-refractivity contribution is 5.81. The fourth-order valence-electron chi connectivity index (χ4n) is 4.84. The van der Waals surface area contributed by atoms with Crippen LogP contribution in [0.15, 0.2) is 78.9 Å². The van der Waals surface area contributed by atoms with E-state index in [1.54, 1.807) is 0 Å². The molecule has 1 amide bonds. The Kier molecular flexibility index (Phi) is 5.99. The first-order chi connectivity index (χ1) is 16.1. The summed E-state index contributed by atoms with van der Waals surface area (Å²) in [5.74, 6) is 1.91. The number of carbonyl (C=O) groups excluding carboxylic acids is 1. The second kappa shape index (κ2) is 9.22. The monoisotopic (exact) mass is 437 g/mol. The Hall–Kier alpha value is -3.40. The van der Waals surface area contributed by atoms with Gasteiger partial charge in [-0.2, -0.15) is 0 Å². The van der Waals surface area contributed by atoms with Crippen LogP contribution in [-0.4, -0.2) is 26.9 Å². The van der Waals surface area contributed by atoms with Gasteiger partial charge >= 0.3 is 0 Å². The summed E-state index contributed by atoms with van der Waals surface area (Å²) in [4.78, 5) is 19.9. The van der Waals surface area contributed by atoms with Crippen LogP contribution in [0.5, 0.6) is 0 Å². The second-order valence-corrected chi connectivity index (χ2v) is 9.26. The Balaban J connectivity index is 1.43. The maximum Gasteiger partial charge on any atom is 0.223 e. The number of amides is 1. The number of benzene rings is 3. The molecule has 1 aliphatic rings. The molecule has 0 saturated carbocycles. The summed E-state index contributed by atoms with van der Waals surface area (Å²) in [6.07, 6.45) is 1.66. The standard InChI is InChI=1S/C29H31N3O/c1-3-21(2)24-15-13-23(14-16-24)19-32-27-12-8-7-11-26(27)30-29(32)25-17-28(33)31(20-25)18-22-9-5-4-6-10-22/h4-16,21,25H,3,17-20H2,1-2H3. The van der Waals surface area contributed by atoms with Crippen molar-refractivity contribution in [3.63, 3.8) is 0 Å². The maximum atomic E-state index is 12.9. The van der Waals surface area contributed by atoms with Crippen LogP contribution in [0.3, 0.4) is 0 Å². The van der Waals surface area contributed by atoms with Crippen LogP contribution < -0.4 is 0 Å². The van der Waals surface area contributed by atoms with Crippen LogP contribution in [0.1, 0.15) is 61.0 Å². The summed E-state index contributed by atoms with van der Waals surface area (Å²) in [5, 5.41) is 0. The summed E-state index contributed by atoms with van der Waals surface area (Å²) >= 11 is 0. The van der Waals surface area contributed by atoms with E-state index in [0.29, 0.717) is 25.4 Å². The van der Waals surface area contributed by atoms with Crippen molar-refractivity contribution in [1.29, 1.82) is 0 Å². The van der Waals surface area contributed by atoms with Crippen molar-refractivity contribution in [1.82, 2.24) is 14.5 Å². The molecule has 3 aromatic carbocycles. The Morgan fingerprint density at radius 3 is 2.36 bits per heavy atom. The largest absolute Gasteiger partial charge is 0.338 e. The van der Waals surface area contributed by atoms with Crippen molar-refractivity contribution in [3.8, 4) is 0 Å². The Labute approximate surface area is 195 Å². The lowest BCUT2D eigenvalue weighted by atomic mass is 9.97. The molecule has 1 aliphatic heterocycles. The van der Waals surface area contributed by atoms with E-state index in [-0.39, 0.29) is 11.8 Å². The molecule has 4 heteroatoms. The third-order valence-electron chi connectivity index (χ3n) is 6.98. The Morgan fingerprint density at radius 1 is 0.909 bits per heavy atom. The molecule has 4 aromatic rings. The average molecular weight is 438 g/mol. The van der Waals surface area contributed by atoms with Crippen molar-refractivity contribution < 1.29 is 4.79 Å². The van der Waals surface area contributed by atoms with Crippen LogP contribution in [0.4, 0.5) is 0 Å². The van der Waals surface area contributed by atoms with Gasteiger partial charge in [0.15, 0.2) is 0 Å². The number of fused-ring (bicyclic) bond motifs is 1. The van der Waals surface area contributed by atoms with Gasteiger partial charge in [0.25, 0.3) is 0 Å². The molecular formula is C29H31N3O. The molecule has 0 bridgehead atoms. The normalized spacial score (nSPS) is 17.1. The highest BCUT2D eigenvalue weighted by atomic mass is 16.2. The van der Waals surface area contributed by atoms with E-state index >= 15 is 0 Å². The first-order valence-electron chi connectivity index (χ1n) is 12.0. The van der Waals surface area contributed by atoms with E-state index in [0.717, 1.165) is 29.8 Å². The van der Waals surface area contributed by atoms with E-state index < -0.39 is 0 Å². The summed E-state index contributed by atoms with van der Waals surface area (Å²) in [6.45, 7) is 6.64. The van der Waals surface area contributed by atoms with E-state index in [1.807, 2.05) is 29.2 Å². The molecule has 168 valence electrons. The molecule has 0 aliphatic carbocycles. The van der Waals surface area contributed by atoms with E-state index in [2.05, 4.69) is 73.0 Å². The lowest BCUT2D eigenvalue weighted by Gasteiger charge is -2.18. The third kappa shape index (κ3) is 4.43. The number of carbonyl (C=O) groups is 1. The molecule has 1 fully saturated rings. The molecule has 2 heterocycles. The van der Waals surface area contributed by atoms with Crippen molar-refractivity contribution in [2.75, 3.05) is 6.54 Å². The second-order valence-electron chi connectivity index (χ2n) is 9.26.